The standard InChI is InChI=1S/C16H24N2O/c1-10-8-12-14(16(3,4)6-7-17)11(2)18-15(12)13(9-10)19-5/h8-9,18H,6-7,17H2,1-5H3. The van der Waals surface area contributed by atoms with Crippen LogP contribution in [0.2, 0.25) is 0 Å². The lowest BCUT2D eigenvalue weighted by Gasteiger charge is -2.25. The molecular formula is C16H24N2O. The first-order valence-electron chi connectivity index (χ1n) is 6.78. The maximum atomic E-state index is 5.77. The van der Waals surface area contributed by atoms with Gasteiger partial charge in [-0.2, -0.15) is 0 Å². The third-order valence-electron chi connectivity index (χ3n) is 3.87. The number of aromatic nitrogens is 1. The lowest BCUT2D eigenvalue weighted by Crippen LogP contribution is -2.22. The fourth-order valence-electron chi connectivity index (χ4n) is 3.05. The minimum Gasteiger partial charge on any atom is -0.495 e. The molecule has 1 aromatic heterocycles. The summed E-state index contributed by atoms with van der Waals surface area (Å²) in [5.41, 5.74) is 10.7. The zero-order valence-electron chi connectivity index (χ0n) is 12.6. The second-order valence-electron chi connectivity index (χ2n) is 5.94. The number of nitrogens with two attached hydrogens (primary N) is 1. The van der Waals surface area contributed by atoms with Gasteiger partial charge in [0.25, 0.3) is 0 Å². The number of benzene rings is 1. The highest BCUT2D eigenvalue weighted by Gasteiger charge is 2.26. The molecule has 0 fully saturated rings. The fraction of sp³-hybridized carbons (Fsp3) is 0.500. The quantitative estimate of drug-likeness (QED) is 0.885. The summed E-state index contributed by atoms with van der Waals surface area (Å²) in [6, 6.07) is 4.30. The minimum absolute atomic E-state index is 0.0654. The summed E-state index contributed by atoms with van der Waals surface area (Å²) in [4.78, 5) is 3.47. The van der Waals surface area contributed by atoms with Crippen molar-refractivity contribution < 1.29 is 4.74 Å². The summed E-state index contributed by atoms with van der Waals surface area (Å²) in [7, 11) is 1.72. The van der Waals surface area contributed by atoms with Gasteiger partial charge in [-0.15, -0.1) is 0 Å². The van der Waals surface area contributed by atoms with E-state index in [0.717, 1.165) is 17.7 Å². The summed E-state index contributed by atoms with van der Waals surface area (Å²) in [5, 5.41) is 1.26. The zero-order valence-corrected chi connectivity index (χ0v) is 12.6. The van der Waals surface area contributed by atoms with Gasteiger partial charge in [0.15, 0.2) is 0 Å². The van der Waals surface area contributed by atoms with Crippen LogP contribution in [0.3, 0.4) is 0 Å². The van der Waals surface area contributed by atoms with Crippen molar-refractivity contribution in [3.05, 3.63) is 29.0 Å². The van der Waals surface area contributed by atoms with Crippen LogP contribution in [0.25, 0.3) is 10.9 Å². The van der Waals surface area contributed by atoms with Crippen LogP contribution in [0.1, 0.15) is 37.1 Å². The minimum atomic E-state index is 0.0654. The van der Waals surface area contributed by atoms with E-state index in [2.05, 4.69) is 44.8 Å². The van der Waals surface area contributed by atoms with E-state index in [1.807, 2.05) is 0 Å². The predicted octanol–water partition coefficient (Wildman–Crippen LogP) is 3.42. The molecule has 0 bridgehead atoms. The molecule has 0 aliphatic carbocycles. The van der Waals surface area contributed by atoms with E-state index in [1.165, 1.54) is 22.2 Å². The monoisotopic (exact) mass is 260 g/mol. The molecule has 0 aliphatic rings. The van der Waals surface area contributed by atoms with Crippen molar-refractivity contribution in [3.63, 3.8) is 0 Å². The lowest BCUT2D eigenvalue weighted by atomic mass is 9.80. The highest BCUT2D eigenvalue weighted by Crippen LogP contribution is 2.39. The van der Waals surface area contributed by atoms with Crippen LogP contribution in [-0.4, -0.2) is 18.6 Å². The number of aryl methyl sites for hydroxylation is 2. The van der Waals surface area contributed by atoms with Crippen molar-refractivity contribution in [2.24, 2.45) is 5.73 Å². The van der Waals surface area contributed by atoms with Crippen molar-refractivity contribution in [2.45, 2.75) is 39.5 Å². The summed E-state index contributed by atoms with van der Waals surface area (Å²) >= 11 is 0. The number of hydrogen-bond acceptors (Lipinski definition) is 2. The van der Waals surface area contributed by atoms with E-state index in [0.29, 0.717) is 6.54 Å². The predicted molar refractivity (Wildman–Crippen MR) is 81.0 cm³/mol. The molecule has 0 radical (unpaired) electrons. The van der Waals surface area contributed by atoms with E-state index >= 15 is 0 Å². The number of nitrogens with one attached hydrogen (secondary N) is 1. The van der Waals surface area contributed by atoms with E-state index < -0.39 is 0 Å². The van der Waals surface area contributed by atoms with Crippen LogP contribution in [-0.2, 0) is 5.41 Å². The Balaban J connectivity index is 2.75. The molecule has 1 heterocycles. The number of aromatic amines is 1. The molecule has 3 nitrogen and oxygen atoms in total. The molecule has 1 aromatic carbocycles. The molecule has 2 aromatic rings. The van der Waals surface area contributed by atoms with Gasteiger partial charge in [-0.3, -0.25) is 0 Å². The van der Waals surface area contributed by atoms with Gasteiger partial charge in [0.1, 0.15) is 5.75 Å². The SMILES string of the molecule is COc1cc(C)cc2c(C(C)(C)CCN)c(C)[nH]c12. The van der Waals surface area contributed by atoms with Crippen LogP contribution < -0.4 is 10.5 Å². The maximum Gasteiger partial charge on any atom is 0.143 e. The Morgan fingerprint density at radius 2 is 1.95 bits per heavy atom. The van der Waals surface area contributed by atoms with Gasteiger partial charge in [0.2, 0.25) is 0 Å². The van der Waals surface area contributed by atoms with Crippen LogP contribution in [0.15, 0.2) is 12.1 Å². The average Bonchev–Trinajstić information content (AvgIpc) is 2.64. The molecule has 0 aliphatic heterocycles. The first-order valence-corrected chi connectivity index (χ1v) is 6.78. The summed E-state index contributed by atoms with van der Waals surface area (Å²) in [5.74, 6) is 0.910. The van der Waals surface area contributed by atoms with E-state index in [9.17, 15) is 0 Å². The normalized spacial score (nSPS) is 12.1. The Morgan fingerprint density at radius 3 is 2.53 bits per heavy atom. The van der Waals surface area contributed by atoms with Gasteiger partial charge in [-0.1, -0.05) is 13.8 Å². The van der Waals surface area contributed by atoms with Gasteiger partial charge in [-0.05, 0) is 55.5 Å². The molecule has 2 rings (SSSR count). The Labute approximate surface area is 115 Å². The molecule has 0 saturated heterocycles. The molecule has 104 valence electrons. The number of rotatable bonds is 4. The summed E-state index contributed by atoms with van der Waals surface area (Å²) < 4.78 is 5.49. The molecule has 19 heavy (non-hydrogen) atoms. The molecule has 0 unspecified atom stereocenters. The smallest absolute Gasteiger partial charge is 0.143 e. The molecule has 0 saturated carbocycles. The van der Waals surface area contributed by atoms with Gasteiger partial charge in [0, 0.05) is 11.1 Å². The largest absolute Gasteiger partial charge is 0.495 e. The molecule has 3 heteroatoms. The third kappa shape index (κ3) is 2.35. The van der Waals surface area contributed by atoms with Crippen molar-refractivity contribution in [1.82, 2.24) is 4.98 Å². The molecule has 0 amide bonds. The zero-order chi connectivity index (χ0) is 14.2. The van der Waals surface area contributed by atoms with Crippen LogP contribution >= 0.6 is 0 Å². The Morgan fingerprint density at radius 1 is 1.26 bits per heavy atom. The van der Waals surface area contributed by atoms with Crippen LogP contribution in [0.4, 0.5) is 0 Å². The highest BCUT2D eigenvalue weighted by molar-refractivity contribution is 5.91. The van der Waals surface area contributed by atoms with Crippen molar-refractivity contribution in [1.29, 1.82) is 0 Å². The average molecular weight is 260 g/mol. The molecule has 0 atom stereocenters. The number of H-pyrrole nitrogens is 1. The first-order chi connectivity index (χ1) is 8.90. The van der Waals surface area contributed by atoms with Crippen LogP contribution in [0.5, 0.6) is 5.75 Å². The van der Waals surface area contributed by atoms with Crippen molar-refractivity contribution in [3.8, 4) is 5.75 Å². The third-order valence-corrected chi connectivity index (χ3v) is 3.87. The number of hydrogen-bond donors (Lipinski definition) is 2. The second kappa shape index (κ2) is 4.89. The highest BCUT2D eigenvalue weighted by atomic mass is 16.5. The van der Waals surface area contributed by atoms with E-state index in [1.54, 1.807) is 7.11 Å². The number of fused-ring (bicyclic) bond motifs is 1. The molecular weight excluding hydrogens is 236 g/mol. The number of methoxy groups -OCH3 is 1. The first kappa shape index (κ1) is 13.9. The number of ether oxygens (including phenoxy) is 1. The van der Waals surface area contributed by atoms with Crippen molar-refractivity contribution >= 4 is 10.9 Å². The van der Waals surface area contributed by atoms with Crippen molar-refractivity contribution in [2.75, 3.05) is 13.7 Å². The summed E-state index contributed by atoms with van der Waals surface area (Å²) in [6.07, 6.45) is 0.969. The van der Waals surface area contributed by atoms with Crippen LogP contribution in [0, 0.1) is 13.8 Å². The molecule has 0 spiro atoms. The van der Waals surface area contributed by atoms with Gasteiger partial charge in [0.05, 0.1) is 12.6 Å². The lowest BCUT2D eigenvalue weighted by molar-refractivity contribution is 0.418. The van der Waals surface area contributed by atoms with E-state index in [-0.39, 0.29) is 5.41 Å². The Kier molecular flexibility index (Phi) is 3.59. The second-order valence-corrected chi connectivity index (χ2v) is 5.94. The Bertz CT molecular complexity index is 596. The Hall–Kier alpha value is -1.48. The van der Waals surface area contributed by atoms with E-state index in [4.69, 9.17) is 10.5 Å². The topological polar surface area (TPSA) is 51.0 Å². The van der Waals surface area contributed by atoms with Gasteiger partial charge >= 0.3 is 0 Å². The van der Waals surface area contributed by atoms with Gasteiger partial charge in [-0.25, -0.2) is 0 Å². The fourth-order valence-corrected chi connectivity index (χ4v) is 3.05. The summed E-state index contributed by atoms with van der Waals surface area (Å²) in [6.45, 7) is 9.43. The molecule has 3 N–H and O–H groups in total. The maximum absolute atomic E-state index is 5.77. The van der Waals surface area contributed by atoms with Gasteiger partial charge < -0.3 is 15.5 Å².